The van der Waals surface area contributed by atoms with Gasteiger partial charge in [0.2, 0.25) is 83.2 Å². The van der Waals surface area contributed by atoms with Gasteiger partial charge in [0.1, 0.15) is 72.6 Å². The molecule has 0 bridgehead atoms. The molecule has 25 N–H and O–H groups in total. The number of aliphatic carboxylic acids is 4. The Kier molecular flexibility index (Phi) is 33.5. The second-order valence-electron chi connectivity index (χ2n) is 24.1. The van der Waals surface area contributed by atoms with Gasteiger partial charge >= 0.3 is 29.8 Å². The van der Waals surface area contributed by atoms with E-state index >= 15 is 0 Å². The molecule has 0 aliphatic carbocycles. The topological polar surface area (TPSA) is 702 Å². The number of anilines is 1. The predicted octanol–water partition coefficient (Wildman–Crippen LogP) is -9.13. The molecule has 0 spiro atoms. The first-order valence-electron chi connectivity index (χ1n) is 32.3. The minimum absolute atomic E-state index is 0.0926. The predicted molar refractivity (Wildman–Crippen MR) is 359 cm³/mol. The Morgan fingerprint density at radius 1 is 0.623 bits per heavy atom. The fraction of sp³-hybridized carbons (Fsp3) is 0.460. The van der Waals surface area contributed by atoms with Crippen molar-refractivity contribution in [3.63, 3.8) is 0 Å². The Morgan fingerprint density at radius 2 is 1.21 bits per heavy atom. The van der Waals surface area contributed by atoms with Crippen molar-refractivity contribution in [1.82, 2.24) is 74.1 Å². The number of fused-ring (bicyclic) bond motifs is 1. The van der Waals surface area contributed by atoms with Gasteiger partial charge in [0, 0.05) is 41.2 Å². The maximum absolute atomic E-state index is 14.7. The number of primary amides is 1. The molecule has 43 heteroatoms. The Balaban J connectivity index is 1.87. The van der Waals surface area contributed by atoms with E-state index in [0.717, 1.165) is 20.8 Å². The zero-order valence-electron chi connectivity index (χ0n) is 57.0. The van der Waals surface area contributed by atoms with Crippen molar-refractivity contribution in [2.75, 3.05) is 32.0 Å². The molecule has 43 nitrogen and oxygen atoms in total. The van der Waals surface area contributed by atoms with E-state index in [1.54, 1.807) is 24.3 Å². The van der Waals surface area contributed by atoms with Crippen LogP contribution in [0.5, 0.6) is 0 Å². The quantitative estimate of drug-likeness (QED) is 0.0146. The number of hydrogen-bond donors (Lipinski definition) is 22. The van der Waals surface area contributed by atoms with Crippen LogP contribution in [0.3, 0.4) is 0 Å². The van der Waals surface area contributed by atoms with Crippen molar-refractivity contribution < 1.29 is 126 Å². The van der Waals surface area contributed by atoms with E-state index in [9.17, 15) is 121 Å². The molecule has 1 aliphatic heterocycles. The van der Waals surface area contributed by atoms with Crippen LogP contribution in [0, 0.1) is 5.92 Å². The van der Waals surface area contributed by atoms with Gasteiger partial charge in [-0.25, -0.2) is 9.59 Å². The summed E-state index contributed by atoms with van der Waals surface area (Å²) in [6.45, 7) is -0.884. The van der Waals surface area contributed by atoms with Gasteiger partial charge in [-0.1, -0.05) is 37.3 Å². The number of aromatic amines is 1. The first-order valence-corrected chi connectivity index (χ1v) is 32.3. The minimum Gasteiger partial charge on any atom is -0.481 e. The Bertz CT molecular complexity index is 3830. The molecule has 2 heterocycles. The highest BCUT2D eigenvalue weighted by atomic mass is 16.5. The lowest BCUT2D eigenvalue weighted by atomic mass is 9.96. The third-order valence-electron chi connectivity index (χ3n) is 15.8. The molecular weight excluding hydrogens is 1410 g/mol. The van der Waals surface area contributed by atoms with E-state index in [0.29, 0.717) is 16.5 Å². The number of Topliss-reactive ketones (excluding diaryl/α,β-unsaturated/α-hetero) is 1. The summed E-state index contributed by atoms with van der Waals surface area (Å²) < 4.78 is 5.63. The zero-order chi connectivity index (χ0) is 79.2. The van der Waals surface area contributed by atoms with E-state index in [2.05, 4.69) is 52.8 Å². The number of esters is 1. The van der Waals surface area contributed by atoms with Crippen LogP contribution in [0.1, 0.15) is 88.1 Å². The molecule has 3 aromatic rings. The number of aliphatic hydroxyl groups is 1. The smallest absolute Gasteiger partial charge is 0.329 e. The molecule has 1 saturated heterocycles. The van der Waals surface area contributed by atoms with E-state index in [1.807, 2.05) is 21.3 Å². The molecule has 576 valence electrons. The monoisotopic (exact) mass is 1490 g/mol. The second kappa shape index (κ2) is 41.4. The van der Waals surface area contributed by atoms with Gasteiger partial charge < -0.3 is 122 Å². The maximum atomic E-state index is 14.7. The Labute approximate surface area is 600 Å². The van der Waals surface area contributed by atoms with Crippen molar-refractivity contribution >= 4 is 135 Å². The van der Waals surface area contributed by atoms with Crippen LogP contribution in [-0.2, 0) is 102 Å². The number of nitrogen functional groups attached to an aromatic ring is 1. The normalized spacial score (nSPS) is 22.1. The molecule has 13 unspecified atom stereocenters. The summed E-state index contributed by atoms with van der Waals surface area (Å²) in [5, 5.41) is 77.7. The minimum atomic E-state index is -2.45. The number of benzene rings is 2. The van der Waals surface area contributed by atoms with Gasteiger partial charge in [-0.3, -0.25) is 86.3 Å². The van der Waals surface area contributed by atoms with Gasteiger partial charge in [-0.15, -0.1) is 0 Å². The molecule has 1 aliphatic rings. The molecule has 4 rings (SSSR count). The number of cyclic esters (lactones) is 1. The third-order valence-corrected chi connectivity index (χ3v) is 15.8. The molecule has 2 aromatic carbocycles. The molecule has 14 amide bonds. The van der Waals surface area contributed by atoms with Crippen LogP contribution >= 0.6 is 0 Å². The summed E-state index contributed by atoms with van der Waals surface area (Å²) in [6, 6.07) is -10.7. The van der Waals surface area contributed by atoms with E-state index < -0.39 is 256 Å². The van der Waals surface area contributed by atoms with Gasteiger partial charge in [0.15, 0.2) is 5.78 Å². The number of rotatable bonds is 27. The lowest BCUT2D eigenvalue weighted by Gasteiger charge is -2.30. The first kappa shape index (κ1) is 85.7. The average molecular weight is 1490 g/mol. The SMILES string of the molecule is CC1NC(=O)C(CC(=O)O)NC(=O)C(CCCN)NC(=O)CNC(=O)C(NC(=O)C(CC(=O)O)NC(=O)C(CC(N)=O)NC(=O)C(Cc2c[nH]c3ccccc23)NC=O)C(C)OC(=O)C(CC(=O)c2ccccc2N)NC(=O)C(C(C)CC(=O)O)NC(=O)C(CO)NC(=O)CNC(=O)CC(C(=O)O)NC1=O. The number of carbonyl (C=O) groups excluding carboxylic acids is 16. The Hall–Kier alpha value is -12.7. The molecule has 106 heavy (non-hydrogen) atoms. The average Bonchev–Trinajstić information content (AvgIpc) is 1.64. The summed E-state index contributed by atoms with van der Waals surface area (Å²) in [4.78, 5) is 271. The maximum Gasteiger partial charge on any atom is 0.329 e. The van der Waals surface area contributed by atoms with Crippen LogP contribution in [0.4, 0.5) is 5.69 Å². The number of carboxylic acid groups (broad SMARTS) is 4. The number of hydrogen-bond acceptors (Lipinski definition) is 24. The molecule has 1 fully saturated rings. The van der Waals surface area contributed by atoms with Gasteiger partial charge in [0.25, 0.3) is 0 Å². The molecular formula is C63H83N17O26. The third kappa shape index (κ3) is 27.2. The van der Waals surface area contributed by atoms with Crippen LogP contribution in [0.25, 0.3) is 10.9 Å². The molecule has 1 aromatic heterocycles. The van der Waals surface area contributed by atoms with Gasteiger partial charge in [-0.05, 0) is 62.9 Å². The number of nitrogens with two attached hydrogens (primary N) is 3. The lowest BCUT2D eigenvalue weighted by molar-refractivity contribution is -0.156. The number of nitrogens with one attached hydrogen (secondary N) is 14. The van der Waals surface area contributed by atoms with Gasteiger partial charge in [0.05, 0.1) is 51.8 Å². The highest BCUT2D eigenvalue weighted by molar-refractivity contribution is 6.05. The van der Waals surface area contributed by atoms with Crippen molar-refractivity contribution in [2.45, 2.75) is 151 Å². The van der Waals surface area contributed by atoms with Crippen LogP contribution in [-0.4, -0.2) is 248 Å². The summed E-state index contributed by atoms with van der Waals surface area (Å²) >= 11 is 0. The highest BCUT2D eigenvalue weighted by Gasteiger charge is 2.41. The fourth-order valence-electron chi connectivity index (χ4n) is 10.3. The molecule has 13 atom stereocenters. The largest absolute Gasteiger partial charge is 0.481 e. The first-order chi connectivity index (χ1) is 50.0. The van der Waals surface area contributed by atoms with Crippen molar-refractivity contribution in [3.05, 3.63) is 65.9 Å². The number of carbonyl (C=O) groups is 20. The van der Waals surface area contributed by atoms with Crippen LogP contribution in [0.15, 0.2) is 54.7 Å². The number of ketones is 1. The number of amides is 14. The number of aromatic nitrogens is 1. The second-order valence-corrected chi connectivity index (χ2v) is 24.1. The number of aliphatic hydroxyl groups excluding tert-OH is 1. The van der Waals surface area contributed by atoms with E-state index in [1.165, 1.54) is 30.5 Å². The lowest BCUT2D eigenvalue weighted by Crippen LogP contribution is -2.62. The number of H-pyrrole nitrogens is 1. The summed E-state index contributed by atoms with van der Waals surface area (Å²) in [5.74, 6) is -29.2. The number of para-hydroxylation sites is 2. The fourth-order valence-corrected chi connectivity index (χ4v) is 10.3. The highest BCUT2D eigenvalue weighted by Crippen LogP contribution is 2.21. The van der Waals surface area contributed by atoms with Gasteiger partial charge in [-0.2, -0.15) is 0 Å². The number of carboxylic acids is 4. The van der Waals surface area contributed by atoms with E-state index in [4.69, 9.17) is 21.9 Å². The zero-order valence-corrected chi connectivity index (χ0v) is 57.0. The molecule has 0 saturated carbocycles. The van der Waals surface area contributed by atoms with Crippen molar-refractivity contribution in [2.24, 2.45) is 17.4 Å². The standard InChI is InChI=1S/C63H83N17O26/c1-27(15-48(88)89)51-61(102)78-41(17-43(83)32-10-4-6-11-33(32)65)63(105)106-29(3)52(80-58(99)39(21-50(92)93)76-57(98)37(18-44(66)84)74-55(96)36(70-26-82)16-30-22-67-34-12-7-5-9-31(30)34)60(101)69-24-47(87)72-35(13-8-14-64)54(95)75-38(20-49(90)91)56(97)71-28(2)53(94)77-40(62(103)104)19-45(85)68-23-46(86)73-42(25-81)59(100)79-51/h4-7,9-12,22,26-29,35-42,51-52,67,81H,8,13-21,23-25,64-65H2,1-3H3,(H2,66,84)(H,68,85)(H,69,101)(H,70,82)(H,71,97)(H,72,87)(H,73,86)(H,74,96)(H,75,95)(H,76,98)(H,77,94)(H,78,102)(H,79,100)(H,80,99)(H,88,89)(H,90,91)(H,92,93)(H,103,104). The van der Waals surface area contributed by atoms with Crippen molar-refractivity contribution in [3.8, 4) is 0 Å². The van der Waals surface area contributed by atoms with Crippen LogP contribution < -0.4 is 86.3 Å². The summed E-state index contributed by atoms with van der Waals surface area (Å²) in [6.07, 6.45) is -8.12. The molecule has 0 radical (unpaired) electrons. The summed E-state index contributed by atoms with van der Waals surface area (Å²) in [7, 11) is 0. The van der Waals surface area contributed by atoms with E-state index in [-0.39, 0.29) is 37.0 Å². The Morgan fingerprint density at radius 3 is 1.81 bits per heavy atom. The van der Waals surface area contributed by atoms with Crippen LogP contribution in [0.2, 0.25) is 0 Å². The summed E-state index contributed by atoms with van der Waals surface area (Å²) in [5.41, 5.74) is 17.8. The van der Waals surface area contributed by atoms with Crippen molar-refractivity contribution in [1.29, 1.82) is 0 Å². The number of ether oxygens (including phenoxy) is 1.